The Morgan fingerprint density at radius 1 is 1.26 bits per heavy atom. The van der Waals surface area contributed by atoms with Gasteiger partial charge in [0.15, 0.2) is 0 Å². The highest BCUT2D eigenvalue weighted by Gasteiger charge is 2.31. The van der Waals surface area contributed by atoms with E-state index < -0.39 is 26.6 Å². The number of nitrogens with zero attached hydrogens (tertiary/aromatic N) is 1. The zero-order valence-electron chi connectivity index (χ0n) is 12.6. The molecule has 0 amide bonds. The molecule has 0 unspecified atom stereocenters. The van der Waals surface area contributed by atoms with Gasteiger partial charge in [-0.1, -0.05) is 0 Å². The Bertz CT molecular complexity index is 608. The number of sulfonamides is 1. The SMILES string of the molecule is Cl.NCCCOC1CCN(S(=O)(=O)c2cc(F)ccc2F)CC1. The number of ether oxygens (including phenoxy) is 1. The minimum absolute atomic E-state index is 0. The number of piperidine rings is 1. The molecule has 2 rings (SSSR count). The standard InChI is InChI=1S/C14H20F2N2O3S.ClH/c15-11-2-3-13(16)14(10-11)22(19,20)18-7-4-12(5-8-18)21-9-1-6-17;/h2-3,10,12H,1,4-9,17H2;1H. The first-order valence-corrected chi connectivity index (χ1v) is 8.66. The Morgan fingerprint density at radius 3 is 2.52 bits per heavy atom. The van der Waals surface area contributed by atoms with E-state index in [4.69, 9.17) is 10.5 Å². The highest BCUT2D eigenvalue weighted by Crippen LogP contribution is 2.24. The fourth-order valence-corrected chi connectivity index (χ4v) is 3.93. The topological polar surface area (TPSA) is 72.6 Å². The molecule has 0 spiro atoms. The Labute approximate surface area is 141 Å². The molecule has 1 saturated heterocycles. The molecule has 1 fully saturated rings. The molecule has 0 saturated carbocycles. The lowest BCUT2D eigenvalue weighted by molar-refractivity contribution is 0.0208. The van der Waals surface area contributed by atoms with Gasteiger partial charge in [0.05, 0.1) is 6.10 Å². The summed E-state index contributed by atoms with van der Waals surface area (Å²) in [6, 6.07) is 2.44. The van der Waals surface area contributed by atoms with Crippen molar-refractivity contribution in [1.29, 1.82) is 0 Å². The van der Waals surface area contributed by atoms with Gasteiger partial charge >= 0.3 is 0 Å². The van der Waals surface area contributed by atoms with Gasteiger partial charge in [0.2, 0.25) is 10.0 Å². The van der Waals surface area contributed by atoms with Crippen molar-refractivity contribution in [2.24, 2.45) is 5.73 Å². The van der Waals surface area contributed by atoms with Crippen molar-refractivity contribution in [3.05, 3.63) is 29.8 Å². The molecule has 9 heteroatoms. The van der Waals surface area contributed by atoms with Crippen LogP contribution in [-0.2, 0) is 14.8 Å². The maximum absolute atomic E-state index is 13.7. The number of rotatable bonds is 6. The fourth-order valence-electron chi connectivity index (χ4n) is 2.39. The van der Waals surface area contributed by atoms with Gasteiger partial charge in [-0.3, -0.25) is 0 Å². The van der Waals surface area contributed by atoms with Crippen LogP contribution in [0.3, 0.4) is 0 Å². The third-order valence-electron chi connectivity index (χ3n) is 3.61. The zero-order valence-corrected chi connectivity index (χ0v) is 14.2. The van der Waals surface area contributed by atoms with Crippen LogP contribution in [0, 0.1) is 11.6 Å². The molecule has 0 aromatic heterocycles. The molecule has 0 bridgehead atoms. The molecule has 0 atom stereocenters. The Balaban J connectivity index is 0.00000264. The van der Waals surface area contributed by atoms with Crippen molar-refractivity contribution in [2.75, 3.05) is 26.2 Å². The third kappa shape index (κ3) is 5.09. The molecular weight excluding hydrogens is 350 g/mol. The molecule has 0 aliphatic carbocycles. The van der Waals surface area contributed by atoms with Crippen molar-refractivity contribution in [3.63, 3.8) is 0 Å². The van der Waals surface area contributed by atoms with Gasteiger partial charge < -0.3 is 10.5 Å². The summed E-state index contributed by atoms with van der Waals surface area (Å²) in [5, 5.41) is 0. The summed E-state index contributed by atoms with van der Waals surface area (Å²) in [6.45, 7) is 1.55. The Kier molecular flexibility index (Phi) is 7.82. The van der Waals surface area contributed by atoms with E-state index in [2.05, 4.69) is 0 Å². The van der Waals surface area contributed by atoms with E-state index in [0.29, 0.717) is 32.1 Å². The fraction of sp³-hybridized carbons (Fsp3) is 0.571. The molecule has 1 heterocycles. The average Bonchev–Trinajstić information content (AvgIpc) is 2.50. The van der Waals surface area contributed by atoms with E-state index in [0.717, 1.165) is 18.6 Å². The van der Waals surface area contributed by atoms with Crippen LogP contribution >= 0.6 is 12.4 Å². The molecule has 132 valence electrons. The van der Waals surface area contributed by atoms with Crippen LogP contribution in [0.2, 0.25) is 0 Å². The minimum Gasteiger partial charge on any atom is -0.378 e. The van der Waals surface area contributed by atoms with Gasteiger partial charge in [0.25, 0.3) is 0 Å². The summed E-state index contributed by atoms with van der Waals surface area (Å²) in [7, 11) is -4.02. The molecule has 1 aromatic rings. The molecular formula is C14H21ClF2N2O3S. The van der Waals surface area contributed by atoms with E-state index >= 15 is 0 Å². The van der Waals surface area contributed by atoms with E-state index in [1.165, 1.54) is 4.31 Å². The summed E-state index contributed by atoms with van der Waals surface area (Å²) in [6.07, 6.45) is 1.80. The van der Waals surface area contributed by atoms with Crippen LogP contribution in [0.25, 0.3) is 0 Å². The van der Waals surface area contributed by atoms with E-state index in [-0.39, 0.29) is 31.6 Å². The minimum atomic E-state index is -4.02. The number of halogens is 3. The van der Waals surface area contributed by atoms with E-state index in [9.17, 15) is 17.2 Å². The summed E-state index contributed by atoms with van der Waals surface area (Å²) < 4.78 is 58.4. The highest BCUT2D eigenvalue weighted by atomic mass is 35.5. The summed E-state index contributed by atoms with van der Waals surface area (Å²) in [5.41, 5.74) is 5.38. The second-order valence-electron chi connectivity index (χ2n) is 5.19. The number of nitrogens with two attached hydrogens (primary N) is 1. The van der Waals surface area contributed by atoms with Crippen LogP contribution in [0.1, 0.15) is 19.3 Å². The lowest BCUT2D eigenvalue weighted by atomic mass is 10.1. The lowest BCUT2D eigenvalue weighted by Crippen LogP contribution is -2.41. The maximum Gasteiger partial charge on any atom is 0.246 e. The normalized spacial score (nSPS) is 17.0. The monoisotopic (exact) mass is 370 g/mol. The first-order chi connectivity index (χ1) is 10.4. The van der Waals surface area contributed by atoms with Crippen molar-refractivity contribution in [2.45, 2.75) is 30.3 Å². The Hall–Kier alpha value is -0.800. The predicted molar refractivity (Wildman–Crippen MR) is 85.0 cm³/mol. The highest BCUT2D eigenvalue weighted by molar-refractivity contribution is 7.89. The van der Waals surface area contributed by atoms with Gasteiger partial charge in [-0.2, -0.15) is 4.31 Å². The summed E-state index contributed by atoms with van der Waals surface area (Å²) in [5.74, 6) is -1.72. The third-order valence-corrected chi connectivity index (χ3v) is 5.53. The quantitative estimate of drug-likeness (QED) is 0.776. The number of hydrogen-bond donors (Lipinski definition) is 1. The van der Waals surface area contributed by atoms with Gasteiger partial charge in [0.1, 0.15) is 16.5 Å². The summed E-state index contributed by atoms with van der Waals surface area (Å²) in [4.78, 5) is -0.616. The van der Waals surface area contributed by atoms with Gasteiger partial charge in [0, 0.05) is 19.7 Å². The molecule has 1 aliphatic rings. The van der Waals surface area contributed by atoms with Gasteiger partial charge in [-0.25, -0.2) is 17.2 Å². The smallest absolute Gasteiger partial charge is 0.246 e. The molecule has 1 aromatic carbocycles. The van der Waals surface area contributed by atoms with Crippen molar-refractivity contribution in [1.82, 2.24) is 4.31 Å². The molecule has 2 N–H and O–H groups in total. The Morgan fingerprint density at radius 2 is 1.91 bits per heavy atom. The molecule has 0 radical (unpaired) electrons. The summed E-state index contributed by atoms with van der Waals surface area (Å²) >= 11 is 0. The van der Waals surface area contributed by atoms with E-state index in [1.807, 2.05) is 0 Å². The first-order valence-electron chi connectivity index (χ1n) is 7.22. The van der Waals surface area contributed by atoms with Crippen LogP contribution in [-0.4, -0.2) is 45.1 Å². The van der Waals surface area contributed by atoms with Crippen LogP contribution in [0.4, 0.5) is 8.78 Å². The lowest BCUT2D eigenvalue weighted by Gasteiger charge is -2.31. The van der Waals surface area contributed by atoms with Gasteiger partial charge in [-0.15, -0.1) is 12.4 Å². The van der Waals surface area contributed by atoms with Crippen LogP contribution in [0.15, 0.2) is 23.1 Å². The predicted octanol–water partition coefficient (Wildman–Crippen LogP) is 1.91. The molecule has 1 aliphatic heterocycles. The van der Waals surface area contributed by atoms with Crippen molar-refractivity contribution < 1.29 is 21.9 Å². The van der Waals surface area contributed by atoms with Crippen molar-refractivity contribution in [3.8, 4) is 0 Å². The maximum atomic E-state index is 13.7. The second kappa shape index (κ2) is 8.89. The van der Waals surface area contributed by atoms with Crippen LogP contribution < -0.4 is 5.73 Å². The second-order valence-corrected chi connectivity index (χ2v) is 7.10. The number of benzene rings is 1. The molecule has 23 heavy (non-hydrogen) atoms. The first kappa shape index (κ1) is 20.2. The average molecular weight is 371 g/mol. The number of hydrogen-bond acceptors (Lipinski definition) is 4. The van der Waals surface area contributed by atoms with E-state index in [1.54, 1.807) is 0 Å². The van der Waals surface area contributed by atoms with Gasteiger partial charge in [-0.05, 0) is 44.0 Å². The zero-order chi connectivity index (χ0) is 16.2. The van der Waals surface area contributed by atoms with Crippen molar-refractivity contribution >= 4 is 22.4 Å². The molecule has 5 nitrogen and oxygen atoms in total. The van der Waals surface area contributed by atoms with Crippen LogP contribution in [0.5, 0.6) is 0 Å². The largest absolute Gasteiger partial charge is 0.378 e.